The van der Waals surface area contributed by atoms with Gasteiger partial charge in [-0.15, -0.1) is 0 Å². The van der Waals surface area contributed by atoms with Gasteiger partial charge in [0.15, 0.2) is 0 Å². The van der Waals surface area contributed by atoms with Crippen LogP contribution in [-0.4, -0.2) is 17.5 Å². The van der Waals surface area contributed by atoms with Crippen molar-refractivity contribution in [3.63, 3.8) is 0 Å². The predicted octanol–water partition coefficient (Wildman–Crippen LogP) is 5.10. The van der Waals surface area contributed by atoms with E-state index in [2.05, 4.69) is 18.8 Å². The molecule has 144 valence electrons. The largest absolute Gasteiger partial charge is 0.493 e. The highest BCUT2D eigenvalue weighted by molar-refractivity contribution is 6.05. The molecule has 1 heterocycles. The molecule has 1 aromatic heterocycles. The van der Waals surface area contributed by atoms with Crippen molar-refractivity contribution in [2.24, 2.45) is 5.92 Å². The standard InChI is InChI=1S/C23H23FN2O2/c1-17(2)16-28-21-12-8-19(9-13-21)23(27)26(22-5-3-4-14-25-22)15-18-6-10-20(24)11-7-18/h3-14,17H,15-16H2,1-2H3. The van der Waals surface area contributed by atoms with Gasteiger partial charge in [-0.2, -0.15) is 0 Å². The number of nitrogens with zero attached hydrogens (tertiary/aromatic N) is 2. The Morgan fingerprint density at radius 2 is 1.75 bits per heavy atom. The average molecular weight is 378 g/mol. The smallest absolute Gasteiger partial charge is 0.259 e. The first-order valence-electron chi connectivity index (χ1n) is 9.23. The molecule has 0 spiro atoms. The van der Waals surface area contributed by atoms with Gasteiger partial charge in [-0.05, 0) is 60.0 Å². The molecule has 4 nitrogen and oxygen atoms in total. The Hall–Kier alpha value is -3.21. The van der Waals surface area contributed by atoms with Crippen LogP contribution in [0.4, 0.5) is 10.2 Å². The molecule has 28 heavy (non-hydrogen) atoms. The quantitative estimate of drug-likeness (QED) is 0.574. The number of hydrogen-bond donors (Lipinski definition) is 0. The van der Waals surface area contributed by atoms with E-state index >= 15 is 0 Å². The van der Waals surface area contributed by atoms with Crippen LogP contribution in [0.3, 0.4) is 0 Å². The number of benzene rings is 2. The zero-order chi connectivity index (χ0) is 19.9. The molecule has 0 radical (unpaired) electrons. The van der Waals surface area contributed by atoms with Crippen molar-refractivity contribution in [2.75, 3.05) is 11.5 Å². The van der Waals surface area contributed by atoms with Gasteiger partial charge in [-0.25, -0.2) is 9.37 Å². The maximum Gasteiger partial charge on any atom is 0.259 e. The third kappa shape index (κ3) is 5.16. The molecule has 0 aliphatic rings. The van der Waals surface area contributed by atoms with E-state index in [1.54, 1.807) is 59.6 Å². The van der Waals surface area contributed by atoms with Crippen LogP contribution in [0.2, 0.25) is 0 Å². The van der Waals surface area contributed by atoms with Crippen LogP contribution in [0.1, 0.15) is 29.8 Å². The van der Waals surface area contributed by atoms with Crippen molar-refractivity contribution in [3.05, 3.63) is 89.9 Å². The number of carbonyl (C=O) groups is 1. The van der Waals surface area contributed by atoms with Crippen LogP contribution in [0.15, 0.2) is 72.9 Å². The van der Waals surface area contributed by atoms with Crippen LogP contribution in [0.25, 0.3) is 0 Å². The molecule has 0 saturated carbocycles. The minimum Gasteiger partial charge on any atom is -0.493 e. The summed E-state index contributed by atoms with van der Waals surface area (Å²) in [6, 6.07) is 18.6. The topological polar surface area (TPSA) is 42.4 Å². The Labute approximate surface area is 164 Å². The van der Waals surface area contributed by atoms with Gasteiger partial charge in [0.2, 0.25) is 0 Å². The second-order valence-corrected chi connectivity index (χ2v) is 6.93. The third-order valence-corrected chi connectivity index (χ3v) is 4.11. The number of carbonyl (C=O) groups excluding carboxylic acids is 1. The fourth-order valence-electron chi connectivity index (χ4n) is 2.66. The summed E-state index contributed by atoms with van der Waals surface area (Å²) in [7, 11) is 0. The van der Waals surface area contributed by atoms with Gasteiger partial charge in [0.25, 0.3) is 5.91 Å². The summed E-state index contributed by atoms with van der Waals surface area (Å²) < 4.78 is 18.9. The summed E-state index contributed by atoms with van der Waals surface area (Å²) in [6.45, 7) is 5.08. The summed E-state index contributed by atoms with van der Waals surface area (Å²) in [5, 5.41) is 0. The first-order valence-corrected chi connectivity index (χ1v) is 9.23. The van der Waals surface area contributed by atoms with Gasteiger partial charge in [-0.1, -0.05) is 32.0 Å². The lowest BCUT2D eigenvalue weighted by Gasteiger charge is -2.22. The molecule has 0 saturated heterocycles. The molecule has 3 aromatic rings. The van der Waals surface area contributed by atoms with E-state index < -0.39 is 0 Å². The average Bonchev–Trinajstić information content (AvgIpc) is 2.72. The van der Waals surface area contributed by atoms with Crippen molar-refractivity contribution in [1.29, 1.82) is 0 Å². The number of aromatic nitrogens is 1. The number of rotatable bonds is 7. The lowest BCUT2D eigenvalue weighted by atomic mass is 10.1. The molecule has 5 heteroatoms. The fourth-order valence-corrected chi connectivity index (χ4v) is 2.66. The van der Waals surface area contributed by atoms with E-state index in [1.165, 1.54) is 12.1 Å². The van der Waals surface area contributed by atoms with Gasteiger partial charge in [-0.3, -0.25) is 9.69 Å². The molecule has 0 unspecified atom stereocenters. The summed E-state index contributed by atoms with van der Waals surface area (Å²) in [5.74, 6) is 1.21. The minimum absolute atomic E-state index is 0.182. The highest BCUT2D eigenvalue weighted by Gasteiger charge is 2.19. The van der Waals surface area contributed by atoms with E-state index in [-0.39, 0.29) is 11.7 Å². The summed E-state index contributed by atoms with van der Waals surface area (Å²) >= 11 is 0. The number of hydrogen-bond acceptors (Lipinski definition) is 3. The lowest BCUT2D eigenvalue weighted by molar-refractivity contribution is 0.0984. The molecule has 0 fully saturated rings. The van der Waals surface area contributed by atoms with Crippen LogP contribution >= 0.6 is 0 Å². The van der Waals surface area contributed by atoms with Crippen LogP contribution in [0, 0.1) is 11.7 Å². The lowest BCUT2D eigenvalue weighted by Crippen LogP contribution is -2.31. The SMILES string of the molecule is CC(C)COc1ccc(C(=O)N(Cc2ccc(F)cc2)c2ccccn2)cc1. The molecule has 0 N–H and O–H groups in total. The van der Waals surface area contributed by atoms with Crippen molar-refractivity contribution in [2.45, 2.75) is 20.4 Å². The summed E-state index contributed by atoms with van der Waals surface area (Å²) in [5.41, 5.74) is 1.35. The fraction of sp³-hybridized carbons (Fsp3) is 0.217. The van der Waals surface area contributed by atoms with Crippen LogP contribution in [0.5, 0.6) is 5.75 Å². The van der Waals surface area contributed by atoms with E-state index in [0.717, 1.165) is 11.3 Å². The Balaban J connectivity index is 1.83. The number of anilines is 1. The Morgan fingerprint density at radius 3 is 2.36 bits per heavy atom. The molecular formula is C23H23FN2O2. The maximum absolute atomic E-state index is 13.2. The Bertz CT molecular complexity index is 894. The van der Waals surface area contributed by atoms with E-state index in [0.29, 0.717) is 30.5 Å². The van der Waals surface area contributed by atoms with E-state index in [9.17, 15) is 9.18 Å². The van der Waals surface area contributed by atoms with Gasteiger partial charge >= 0.3 is 0 Å². The Morgan fingerprint density at radius 1 is 1.04 bits per heavy atom. The molecule has 3 rings (SSSR count). The summed E-state index contributed by atoms with van der Waals surface area (Å²) in [6.07, 6.45) is 1.64. The number of pyridine rings is 1. The summed E-state index contributed by atoms with van der Waals surface area (Å²) in [4.78, 5) is 19.1. The second kappa shape index (κ2) is 9.13. The van der Waals surface area contributed by atoms with Crippen LogP contribution < -0.4 is 9.64 Å². The zero-order valence-corrected chi connectivity index (χ0v) is 16.0. The van der Waals surface area contributed by atoms with Gasteiger partial charge in [0.1, 0.15) is 17.4 Å². The molecule has 0 aliphatic carbocycles. The highest BCUT2D eigenvalue weighted by Crippen LogP contribution is 2.20. The van der Waals surface area contributed by atoms with Gasteiger partial charge < -0.3 is 4.74 Å². The van der Waals surface area contributed by atoms with Gasteiger partial charge in [0, 0.05) is 11.8 Å². The van der Waals surface area contributed by atoms with E-state index in [4.69, 9.17) is 4.74 Å². The number of ether oxygens (including phenoxy) is 1. The van der Waals surface area contributed by atoms with Crippen molar-refractivity contribution in [3.8, 4) is 5.75 Å². The van der Waals surface area contributed by atoms with Crippen molar-refractivity contribution >= 4 is 11.7 Å². The predicted molar refractivity (Wildman–Crippen MR) is 108 cm³/mol. The second-order valence-electron chi connectivity index (χ2n) is 6.93. The molecular weight excluding hydrogens is 355 g/mol. The normalized spacial score (nSPS) is 10.7. The van der Waals surface area contributed by atoms with Crippen molar-refractivity contribution < 1.29 is 13.9 Å². The molecule has 1 amide bonds. The van der Waals surface area contributed by atoms with Crippen molar-refractivity contribution in [1.82, 2.24) is 4.98 Å². The first-order chi connectivity index (χ1) is 13.5. The monoisotopic (exact) mass is 378 g/mol. The molecule has 2 aromatic carbocycles. The first kappa shape index (κ1) is 19.5. The highest BCUT2D eigenvalue weighted by atomic mass is 19.1. The zero-order valence-electron chi connectivity index (χ0n) is 16.0. The molecule has 0 aliphatic heterocycles. The van der Waals surface area contributed by atoms with Crippen LogP contribution in [-0.2, 0) is 6.54 Å². The minimum atomic E-state index is -0.309. The van der Waals surface area contributed by atoms with E-state index in [1.807, 2.05) is 6.07 Å². The number of amides is 1. The Kier molecular flexibility index (Phi) is 6.37. The number of halogens is 1. The van der Waals surface area contributed by atoms with Gasteiger partial charge in [0.05, 0.1) is 13.2 Å². The third-order valence-electron chi connectivity index (χ3n) is 4.11. The molecule has 0 atom stereocenters. The maximum atomic E-state index is 13.2. The molecule has 0 bridgehead atoms.